The molecule has 0 aliphatic heterocycles. The third-order valence-corrected chi connectivity index (χ3v) is 2.59. The van der Waals surface area contributed by atoms with Crippen molar-refractivity contribution in [2.45, 2.75) is 33.2 Å². The molecular formula is C14H17F3O3. The Morgan fingerprint density at radius 1 is 1.25 bits per heavy atom. The van der Waals surface area contributed by atoms with E-state index in [-0.39, 0.29) is 11.5 Å². The molecule has 0 saturated carbocycles. The fourth-order valence-corrected chi connectivity index (χ4v) is 1.79. The summed E-state index contributed by atoms with van der Waals surface area (Å²) < 4.78 is 46.2. The number of carbonyl (C=O) groups excluding carboxylic acids is 1. The van der Waals surface area contributed by atoms with Crippen LogP contribution in [0.5, 0.6) is 5.75 Å². The van der Waals surface area contributed by atoms with Gasteiger partial charge in [-0.3, -0.25) is 4.79 Å². The number of para-hydroxylation sites is 1. The number of Topliss-reactive ketones (excluding diaryl/α,β-unsaturated/α-hetero) is 1. The molecule has 112 valence electrons. The molecule has 3 nitrogen and oxygen atoms in total. The molecule has 0 spiro atoms. The first-order chi connectivity index (χ1) is 9.26. The fraction of sp³-hybridized carbons (Fsp3) is 0.500. The molecular weight excluding hydrogens is 273 g/mol. The standard InChI is InChI=1S/C14H17F3O3/c1-4-19-13(9(2)3)12(18)10-7-5-6-8-11(10)20-14(15,16)17/h5-9,13H,4H2,1-3H3. The van der Waals surface area contributed by atoms with Gasteiger partial charge >= 0.3 is 6.36 Å². The monoisotopic (exact) mass is 290 g/mol. The summed E-state index contributed by atoms with van der Waals surface area (Å²) in [6, 6.07) is 5.28. The van der Waals surface area contributed by atoms with Crippen LogP contribution in [0, 0.1) is 5.92 Å². The molecule has 0 N–H and O–H groups in total. The van der Waals surface area contributed by atoms with Crippen molar-refractivity contribution in [1.82, 2.24) is 0 Å². The number of alkyl halides is 3. The summed E-state index contributed by atoms with van der Waals surface area (Å²) in [4.78, 5) is 12.3. The average molecular weight is 290 g/mol. The lowest BCUT2D eigenvalue weighted by molar-refractivity contribution is -0.274. The lowest BCUT2D eigenvalue weighted by atomic mass is 9.97. The van der Waals surface area contributed by atoms with Gasteiger partial charge in [-0.05, 0) is 25.0 Å². The Morgan fingerprint density at radius 2 is 1.85 bits per heavy atom. The van der Waals surface area contributed by atoms with Crippen molar-refractivity contribution in [3.05, 3.63) is 29.8 Å². The summed E-state index contributed by atoms with van der Waals surface area (Å²) in [5, 5.41) is 0. The normalized spacial score (nSPS) is 13.3. The Morgan fingerprint density at radius 3 is 2.35 bits per heavy atom. The van der Waals surface area contributed by atoms with Crippen molar-refractivity contribution < 1.29 is 27.4 Å². The molecule has 0 aliphatic carbocycles. The summed E-state index contributed by atoms with van der Waals surface area (Å²) >= 11 is 0. The van der Waals surface area contributed by atoms with Gasteiger partial charge in [-0.15, -0.1) is 13.2 Å². The number of carbonyl (C=O) groups is 1. The molecule has 0 amide bonds. The average Bonchev–Trinajstić information content (AvgIpc) is 2.33. The topological polar surface area (TPSA) is 35.5 Å². The van der Waals surface area contributed by atoms with Gasteiger partial charge in [0.1, 0.15) is 11.9 Å². The zero-order valence-electron chi connectivity index (χ0n) is 11.5. The minimum absolute atomic E-state index is 0.128. The maximum atomic E-state index is 12.3. The Kier molecular flexibility index (Phi) is 5.56. The zero-order valence-corrected chi connectivity index (χ0v) is 11.5. The van der Waals surface area contributed by atoms with Crippen molar-refractivity contribution in [1.29, 1.82) is 0 Å². The van der Waals surface area contributed by atoms with Crippen LogP contribution >= 0.6 is 0 Å². The number of ketones is 1. The van der Waals surface area contributed by atoms with E-state index in [0.29, 0.717) is 6.61 Å². The van der Waals surface area contributed by atoms with Crippen LogP contribution in [0.4, 0.5) is 13.2 Å². The summed E-state index contributed by atoms with van der Waals surface area (Å²) in [7, 11) is 0. The van der Waals surface area contributed by atoms with Gasteiger partial charge in [-0.25, -0.2) is 0 Å². The van der Waals surface area contributed by atoms with E-state index in [4.69, 9.17) is 4.74 Å². The van der Waals surface area contributed by atoms with Crippen molar-refractivity contribution in [3.8, 4) is 5.75 Å². The molecule has 6 heteroatoms. The second kappa shape index (κ2) is 6.74. The zero-order chi connectivity index (χ0) is 15.3. The van der Waals surface area contributed by atoms with E-state index in [9.17, 15) is 18.0 Å². The smallest absolute Gasteiger partial charge is 0.405 e. The molecule has 1 aromatic carbocycles. The number of hydrogen-bond acceptors (Lipinski definition) is 3. The summed E-state index contributed by atoms with van der Waals surface area (Å²) in [5.74, 6) is -1.17. The molecule has 0 aliphatic rings. The van der Waals surface area contributed by atoms with Crippen LogP contribution in [0.1, 0.15) is 31.1 Å². The van der Waals surface area contributed by atoms with Gasteiger partial charge in [0.2, 0.25) is 0 Å². The van der Waals surface area contributed by atoms with Gasteiger partial charge in [0, 0.05) is 6.61 Å². The van der Waals surface area contributed by atoms with Gasteiger partial charge < -0.3 is 9.47 Å². The Labute approximate surface area is 115 Å². The van der Waals surface area contributed by atoms with Crippen molar-refractivity contribution in [2.75, 3.05) is 6.61 Å². The van der Waals surface area contributed by atoms with Crippen LogP contribution in [0.2, 0.25) is 0 Å². The second-order valence-electron chi connectivity index (χ2n) is 4.53. The van der Waals surface area contributed by atoms with Crippen LogP contribution in [0.15, 0.2) is 24.3 Å². The highest BCUT2D eigenvalue weighted by Gasteiger charge is 2.34. The lowest BCUT2D eigenvalue weighted by Gasteiger charge is -2.21. The number of halogens is 3. The summed E-state index contributed by atoms with van der Waals surface area (Å²) in [6.07, 6.45) is -5.63. The molecule has 0 radical (unpaired) electrons. The molecule has 0 heterocycles. The predicted molar refractivity (Wildman–Crippen MR) is 67.7 cm³/mol. The molecule has 20 heavy (non-hydrogen) atoms. The first kappa shape index (κ1) is 16.5. The Hall–Kier alpha value is -1.56. The van der Waals surface area contributed by atoms with Crippen molar-refractivity contribution in [2.24, 2.45) is 5.92 Å². The van der Waals surface area contributed by atoms with Crippen LogP contribution < -0.4 is 4.74 Å². The van der Waals surface area contributed by atoms with E-state index in [2.05, 4.69) is 4.74 Å². The largest absolute Gasteiger partial charge is 0.573 e. The number of rotatable bonds is 6. The van der Waals surface area contributed by atoms with E-state index in [1.54, 1.807) is 20.8 Å². The highest BCUT2D eigenvalue weighted by Crippen LogP contribution is 2.28. The van der Waals surface area contributed by atoms with Crippen LogP contribution in [-0.2, 0) is 4.74 Å². The molecule has 0 saturated heterocycles. The van der Waals surface area contributed by atoms with Gasteiger partial charge in [0.05, 0.1) is 5.56 Å². The SMILES string of the molecule is CCOC(C(=O)c1ccccc1OC(F)(F)F)C(C)C. The second-order valence-corrected chi connectivity index (χ2v) is 4.53. The maximum absolute atomic E-state index is 12.3. The number of ether oxygens (including phenoxy) is 2. The van der Waals surface area contributed by atoms with E-state index < -0.39 is 24.0 Å². The van der Waals surface area contributed by atoms with E-state index >= 15 is 0 Å². The summed E-state index contributed by atoms with van der Waals surface area (Å²) in [6.45, 7) is 5.56. The minimum Gasteiger partial charge on any atom is -0.405 e. The molecule has 0 bridgehead atoms. The van der Waals surface area contributed by atoms with Crippen molar-refractivity contribution >= 4 is 5.78 Å². The molecule has 1 atom stereocenters. The number of benzene rings is 1. The first-order valence-electron chi connectivity index (χ1n) is 6.26. The highest BCUT2D eigenvalue weighted by atomic mass is 19.4. The molecule has 0 fully saturated rings. The van der Waals surface area contributed by atoms with Gasteiger partial charge in [-0.2, -0.15) is 0 Å². The lowest BCUT2D eigenvalue weighted by Crippen LogP contribution is -2.31. The minimum atomic E-state index is -4.84. The maximum Gasteiger partial charge on any atom is 0.573 e. The molecule has 1 aromatic rings. The third-order valence-electron chi connectivity index (χ3n) is 2.59. The Bertz CT molecular complexity index is 455. The van der Waals surface area contributed by atoms with E-state index in [1.165, 1.54) is 18.2 Å². The molecule has 1 rings (SSSR count). The van der Waals surface area contributed by atoms with Gasteiger partial charge in [0.15, 0.2) is 5.78 Å². The summed E-state index contributed by atoms with van der Waals surface area (Å²) in [5.41, 5.74) is -0.128. The first-order valence-corrected chi connectivity index (χ1v) is 6.26. The van der Waals surface area contributed by atoms with Crippen molar-refractivity contribution in [3.63, 3.8) is 0 Å². The van der Waals surface area contributed by atoms with E-state index in [1.807, 2.05) is 0 Å². The quantitative estimate of drug-likeness (QED) is 0.747. The highest BCUT2D eigenvalue weighted by molar-refractivity contribution is 6.02. The number of hydrogen-bond donors (Lipinski definition) is 0. The van der Waals surface area contributed by atoms with Crippen LogP contribution in [0.3, 0.4) is 0 Å². The van der Waals surface area contributed by atoms with Gasteiger partial charge in [-0.1, -0.05) is 26.0 Å². The molecule has 1 unspecified atom stereocenters. The van der Waals surface area contributed by atoms with Crippen LogP contribution in [-0.4, -0.2) is 24.9 Å². The van der Waals surface area contributed by atoms with Crippen LogP contribution in [0.25, 0.3) is 0 Å². The van der Waals surface area contributed by atoms with Gasteiger partial charge in [0.25, 0.3) is 0 Å². The third kappa shape index (κ3) is 4.52. The molecule has 0 aromatic heterocycles. The Balaban J connectivity index is 3.08. The predicted octanol–water partition coefficient (Wildman–Crippen LogP) is 3.83. The van der Waals surface area contributed by atoms with E-state index in [0.717, 1.165) is 6.07 Å². The fourth-order valence-electron chi connectivity index (χ4n) is 1.79.